The van der Waals surface area contributed by atoms with Crippen molar-refractivity contribution >= 4 is 15.7 Å². The third-order valence-corrected chi connectivity index (χ3v) is 5.00. The van der Waals surface area contributed by atoms with Crippen LogP contribution in [0.3, 0.4) is 0 Å². The van der Waals surface area contributed by atoms with Gasteiger partial charge in [0, 0.05) is 32.1 Å². The summed E-state index contributed by atoms with van der Waals surface area (Å²) in [4.78, 5) is 4.11. The second-order valence-corrected chi connectivity index (χ2v) is 7.26. The molecule has 0 amide bonds. The van der Waals surface area contributed by atoms with Crippen LogP contribution in [-0.4, -0.2) is 38.7 Å². The number of rotatable bonds is 7. The summed E-state index contributed by atoms with van der Waals surface area (Å²) in [7, 11) is -3.60. The predicted octanol–water partition coefficient (Wildman–Crippen LogP) is 1.75. The minimum Gasteiger partial charge on any atom is -0.384 e. The van der Waals surface area contributed by atoms with Crippen molar-refractivity contribution < 1.29 is 13.2 Å². The zero-order chi connectivity index (χ0) is 15.3. The van der Waals surface area contributed by atoms with Crippen LogP contribution >= 0.6 is 0 Å². The van der Waals surface area contributed by atoms with Crippen molar-refractivity contribution in [3.63, 3.8) is 0 Å². The van der Waals surface area contributed by atoms with Gasteiger partial charge in [0.15, 0.2) is 0 Å². The van der Waals surface area contributed by atoms with Crippen LogP contribution in [0.5, 0.6) is 0 Å². The van der Waals surface area contributed by atoms with E-state index in [1.807, 2.05) is 13.8 Å². The van der Waals surface area contributed by atoms with Gasteiger partial charge in [0.25, 0.3) is 0 Å². The van der Waals surface area contributed by atoms with Crippen molar-refractivity contribution in [1.82, 2.24) is 9.71 Å². The Morgan fingerprint density at radius 3 is 2.95 bits per heavy atom. The van der Waals surface area contributed by atoms with Crippen molar-refractivity contribution in [2.75, 3.05) is 25.0 Å². The van der Waals surface area contributed by atoms with Crippen LogP contribution in [0.2, 0.25) is 0 Å². The van der Waals surface area contributed by atoms with Gasteiger partial charge >= 0.3 is 0 Å². The Bertz CT molecular complexity index is 569. The molecule has 6 nitrogen and oxygen atoms in total. The van der Waals surface area contributed by atoms with Gasteiger partial charge in [-0.25, -0.2) is 13.1 Å². The van der Waals surface area contributed by atoms with Crippen molar-refractivity contribution in [2.24, 2.45) is 0 Å². The minimum atomic E-state index is -3.60. The number of sulfonamides is 1. The predicted molar refractivity (Wildman–Crippen MR) is 81.8 cm³/mol. The van der Waals surface area contributed by atoms with E-state index in [1.54, 1.807) is 12.3 Å². The van der Waals surface area contributed by atoms with E-state index in [1.165, 1.54) is 6.20 Å². The van der Waals surface area contributed by atoms with Gasteiger partial charge < -0.3 is 10.1 Å². The Labute approximate surface area is 126 Å². The molecule has 0 aromatic carbocycles. The number of ether oxygens (including phenoxy) is 1. The van der Waals surface area contributed by atoms with Gasteiger partial charge in [-0.15, -0.1) is 0 Å². The van der Waals surface area contributed by atoms with E-state index in [0.717, 1.165) is 19.3 Å². The third-order valence-electron chi connectivity index (χ3n) is 3.58. The molecule has 7 heteroatoms. The Hall–Kier alpha value is -1.18. The Balaban J connectivity index is 2.11. The molecule has 2 rings (SSSR count). The van der Waals surface area contributed by atoms with Crippen LogP contribution in [0.15, 0.2) is 23.4 Å². The highest BCUT2D eigenvalue weighted by atomic mass is 32.2. The molecule has 2 N–H and O–H groups in total. The Kier molecular flexibility index (Phi) is 5.18. The maximum atomic E-state index is 12.5. The monoisotopic (exact) mass is 313 g/mol. The fraction of sp³-hybridized carbons (Fsp3) is 0.643. The summed E-state index contributed by atoms with van der Waals surface area (Å²) < 4.78 is 33.2. The normalized spacial score (nSPS) is 22.4. The van der Waals surface area contributed by atoms with E-state index in [4.69, 9.17) is 4.74 Å². The summed E-state index contributed by atoms with van der Waals surface area (Å²) in [5.41, 5.74) is 0.170. The number of nitrogens with zero attached hydrogens (tertiary/aromatic N) is 1. The van der Waals surface area contributed by atoms with E-state index in [2.05, 4.69) is 15.0 Å². The molecule has 1 unspecified atom stereocenters. The smallest absolute Gasteiger partial charge is 0.244 e. The fourth-order valence-corrected chi connectivity index (χ4v) is 3.58. The van der Waals surface area contributed by atoms with Crippen LogP contribution in [0.25, 0.3) is 0 Å². The molecule has 0 bridgehead atoms. The maximum Gasteiger partial charge on any atom is 0.244 e. The average molecular weight is 313 g/mol. The third kappa shape index (κ3) is 4.15. The lowest BCUT2D eigenvalue weighted by Gasteiger charge is -2.23. The number of anilines is 1. The minimum absolute atomic E-state index is 0.181. The first-order valence-electron chi connectivity index (χ1n) is 7.28. The van der Waals surface area contributed by atoms with Crippen LogP contribution in [0, 0.1) is 0 Å². The molecule has 1 aromatic rings. The van der Waals surface area contributed by atoms with E-state index < -0.39 is 15.6 Å². The van der Waals surface area contributed by atoms with E-state index in [9.17, 15) is 8.42 Å². The molecule has 1 aliphatic rings. The topological polar surface area (TPSA) is 80.3 Å². The first-order valence-corrected chi connectivity index (χ1v) is 8.77. The summed E-state index contributed by atoms with van der Waals surface area (Å²) in [6.07, 6.45) is 5.70. The first kappa shape index (κ1) is 16.2. The van der Waals surface area contributed by atoms with Crippen molar-refractivity contribution in [2.45, 2.75) is 43.6 Å². The van der Waals surface area contributed by atoms with Crippen molar-refractivity contribution in [3.8, 4) is 0 Å². The summed E-state index contributed by atoms with van der Waals surface area (Å²) in [6, 6.07) is 1.68. The second-order valence-electron chi connectivity index (χ2n) is 5.53. The molecule has 1 saturated heterocycles. The van der Waals surface area contributed by atoms with Crippen molar-refractivity contribution in [1.29, 1.82) is 0 Å². The molecule has 0 radical (unpaired) electrons. The summed E-state index contributed by atoms with van der Waals surface area (Å²) >= 11 is 0. The lowest BCUT2D eigenvalue weighted by atomic mass is 10.0. The molecule has 1 atom stereocenters. The molecule has 1 fully saturated rings. The number of hydrogen-bond acceptors (Lipinski definition) is 5. The van der Waals surface area contributed by atoms with Gasteiger partial charge in [0.05, 0.1) is 11.3 Å². The standard InChI is InChI=1S/C14H23N3O3S/c1-3-7-16-12-5-8-15-10-13(12)21(18,19)17-11-14(2)6-4-9-20-14/h5,8,10,17H,3-4,6-7,9,11H2,1-2H3,(H,15,16). The van der Waals surface area contributed by atoms with Gasteiger partial charge in [-0.05, 0) is 32.3 Å². The molecular weight excluding hydrogens is 290 g/mol. The number of hydrogen-bond donors (Lipinski definition) is 2. The molecule has 2 heterocycles. The molecule has 1 aliphatic heterocycles. The molecule has 1 aromatic heterocycles. The molecule has 118 valence electrons. The fourth-order valence-electron chi connectivity index (χ4n) is 2.30. The molecule has 21 heavy (non-hydrogen) atoms. The molecule has 0 aliphatic carbocycles. The SMILES string of the molecule is CCCNc1ccncc1S(=O)(=O)NCC1(C)CCCO1. The second kappa shape index (κ2) is 6.72. The highest BCUT2D eigenvalue weighted by Gasteiger charge is 2.32. The summed E-state index contributed by atoms with van der Waals surface area (Å²) in [5, 5.41) is 3.12. The van der Waals surface area contributed by atoms with Gasteiger partial charge in [0.1, 0.15) is 4.90 Å². The number of aromatic nitrogens is 1. The Morgan fingerprint density at radius 2 is 2.29 bits per heavy atom. The first-order chi connectivity index (χ1) is 9.97. The van der Waals surface area contributed by atoms with E-state index in [-0.39, 0.29) is 11.4 Å². The number of pyridine rings is 1. The van der Waals surface area contributed by atoms with Gasteiger partial charge in [-0.2, -0.15) is 0 Å². The van der Waals surface area contributed by atoms with Gasteiger partial charge in [-0.3, -0.25) is 4.98 Å². The quantitative estimate of drug-likeness (QED) is 0.801. The highest BCUT2D eigenvalue weighted by molar-refractivity contribution is 7.89. The van der Waals surface area contributed by atoms with Crippen LogP contribution in [-0.2, 0) is 14.8 Å². The summed E-state index contributed by atoms with van der Waals surface area (Å²) in [6.45, 7) is 5.64. The maximum absolute atomic E-state index is 12.5. The van der Waals surface area contributed by atoms with Crippen LogP contribution in [0.1, 0.15) is 33.1 Å². The van der Waals surface area contributed by atoms with Crippen LogP contribution in [0.4, 0.5) is 5.69 Å². The lowest BCUT2D eigenvalue weighted by molar-refractivity contribution is 0.0250. The summed E-state index contributed by atoms with van der Waals surface area (Å²) in [5.74, 6) is 0. The Morgan fingerprint density at radius 1 is 1.48 bits per heavy atom. The van der Waals surface area contributed by atoms with Gasteiger partial charge in [-0.1, -0.05) is 6.92 Å². The largest absolute Gasteiger partial charge is 0.384 e. The van der Waals surface area contributed by atoms with E-state index >= 15 is 0 Å². The highest BCUT2D eigenvalue weighted by Crippen LogP contribution is 2.25. The van der Waals surface area contributed by atoms with Crippen LogP contribution < -0.4 is 10.0 Å². The van der Waals surface area contributed by atoms with E-state index in [0.29, 0.717) is 18.8 Å². The molecule has 0 spiro atoms. The van der Waals surface area contributed by atoms with Crippen molar-refractivity contribution in [3.05, 3.63) is 18.5 Å². The molecular formula is C14H23N3O3S. The van der Waals surface area contributed by atoms with Gasteiger partial charge in [0.2, 0.25) is 10.0 Å². The molecule has 0 saturated carbocycles. The average Bonchev–Trinajstić information content (AvgIpc) is 2.91. The zero-order valence-corrected chi connectivity index (χ0v) is 13.4. The lowest BCUT2D eigenvalue weighted by Crippen LogP contribution is -2.40. The zero-order valence-electron chi connectivity index (χ0n) is 12.6. The number of nitrogens with one attached hydrogen (secondary N) is 2.